The molecule has 0 bridgehead atoms. The van der Waals surface area contributed by atoms with Crippen LogP contribution in [-0.4, -0.2) is 54.4 Å². The number of nitrogens with zero attached hydrogens (tertiary/aromatic N) is 4. The first kappa shape index (κ1) is 26.4. The number of rotatable bonds is 6. The van der Waals surface area contributed by atoms with Crippen LogP contribution in [0.25, 0.3) is 22.7 Å². The van der Waals surface area contributed by atoms with Crippen molar-refractivity contribution in [1.29, 1.82) is 5.26 Å². The molecular weight excluding hydrogens is 533 g/mol. The molecule has 1 N–H and O–H groups in total. The van der Waals surface area contributed by atoms with Crippen LogP contribution in [0.15, 0.2) is 47.1 Å². The van der Waals surface area contributed by atoms with Crippen LogP contribution in [0.1, 0.15) is 50.2 Å². The zero-order valence-corrected chi connectivity index (χ0v) is 22.8. The Labute approximate surface area is 232 Å². The molecular formula is C29H30FN5O4S. The van der Waals surface area contributed by atoms with Crippen molar-refractivity contribution in [3.05, 3.63) is 54.3 Å². The van der Waals surface area contributed by atoms with Gasteiger partial charge in [-0.1, -0.05) is 25.0 Å². The Bertz CT molecular complexity index is 1560. The third-order valence-corrected chi connectivity index (χ3v) is 9.83. The number of nitrogens with one attached hydrogen (secondary N) is 1. The fraction of sp³-hybridized carbons (Fsp3) is 0.448. The van der Waals surface area contributed by atoms with Crippen LogP contribution in [0.3, 0.4) is 0 Å². The van der Waals surface area contributed by atoms with E-state index in [4.69, 9.17) is 9.40 Å². The number of hydrogen-bond donors (Lipinski definition) is 1. The molecule has 2 aliphatic carbocycles. The first-order valence-corrected chi connectivity index (χ1v) is 15.5. The third kappa shape index (κ3) is 5.32. The highest BCUT2D eigenvalue weighted by Crippen LogP contribution is 2.45. The molecule has 0 radical (unpaired) electrons. The Kier molecular flexibility index (Phi) is 6.82. The van der Waals surface area contributed by atoms with Crippen molar-refractivity contribution in [2.24, 2.45) is 5.92 Å². The molecule has 1 amide bonds. The maximum Gasteiger partial charge on any atom is 0.228 e. The van der Waals surface area contributed by atoms with E-state index < -0.39 is 21.2 Å². The van der Waals surface area contributed by atoms with E-state index in [0.29, 0.717) is 49.4 Å². The lowest BCUT2D eigenvalue weighted by atomic mass is 9.76. The van der Waals surface area contributed by atoms with Crippen molar-refractivity contribution in [3.63, 3.8) is 0 Å². The molecule has 9 nitrogen and oxygen atoms in total. The molecule has 208 valence electrons. The molecule has 1 aliphatic heterocycles. The largest absolute Gasteiger partial charge is 0.440 e. The van der Waals surface area contributed by atoms with Crippen LogP contribution in [0.2, 0.25) is 0 Å². The predicted molar refractivity (Wildman–Crippen MR) is 146 cm³/mol. The van der Waals surface area contributed by atoms with Crippen LogP contribution in [0.5, 0.6) is 0 Å². The SMILES string of the molecule is N#CC1(NC(=O)[C@@H]2CCCC[C@H]2c2oc(-c3cncc(F)c3)nc2-c2ccc(N3CCS(=O)(=O)CC3)cc2)CC1. The summed E-state index contributed by atoms with van der Waals surface area (Å²) in [6.45, 7) is 0.882. The van der Waals surface area contributed by atoms with Gasteiger partial charge < -0.3 is 14.6 Å². The number of oxazole rings is 1. The highest BCUT2D eigenvalue weighted by Gasteiger charge is 2.47. The lowest BCUT2D eigenvalue weighted by molar-refractivity contribution is -0.127. The second-order valence-electron chi connectivity index (χ2n) is 11.0. The molecule has 1 aromatic carbocycles. The second kappa shape index (κ2) is 10.3. The number of nitriles is 1. The minimum atomic E-state index is -2.99. The third-order valence-electron chi connectivity index (χ3n) is 8.22. The summed E-state index contributed by atoms with van der Waals surface area (Å²) in [6, 6.07) is 11.3. The van der Waals surface area contributed by atoms with Crippen LogP contribution in [0.4, 0.5) is 10.1 Å². The average molecular weight is 564 g/mol. The van der Waals surface area contributed by atoms with E-state index in [-0.39, 0.29) is 35.1 Å². The molecule has 0 unspecified atom stereocenters. The van der Waals surface area contributed by atoms with Crippen molar-refractivity contribution in [3.8, 4) is 28.8 Å². The molecule has 2 aromatic heterocycles. The molecule has 3 fully saturated rings. The first-order valence-electron chi connectivity index (χ1n) is 13.7. The number of carbonyl (C=O) groups excluding carboxylic acids is 1. The number of aromatic nitrogens is 2. The van der Waals surface area contributed by atoms with E-state index >= 15 is 0 Å². The lowest BCUT2D eigenvalue weighted by Gasteiger charge is -2.30. The smallest absolute Gasteiger partial charge is 0.228 e. The molecule has 6 rings (SSSR count). The van der Waals surface area contributed by atoms with Gasteiger partial charge in [-0.25, -0.2) is 17.8 Å². The minimum Gasteiger partial charge on any atom is -0.440 e. The van der Waals surface area contributed by atoms with Crippen molar-refractivity contribution < 1.29 is 22.0 Å². The molecule has 0 spiro atoms. The van der Waals surface area contributed by atoms with Crippen molar-refractivity contribution >= 4 is 21.4 Å². The Morgan fingerprint density at radius 3 is 2.50 bits per heavy atom. The van der Waals surface area contributed by atoms with Gasteiger partial charge in [-0.2, -0.15) is 5.26 Å². The maximum absolute atomic E-state index is 14.0. The fourth-order valence-corrected chi connectivity index (χ4v) is 6.92. The maximum atomic E-state index is 14.0. The standard InChI is InChI=1S/C29H30FN5O4S/c30-21-15-20(16-32-17-21)28-33-25(19-5-7-22(8-6-19)35-11-13-40(37,38)14-12-35)26(39-28)23-3-1-2-4-24(23)27(36)34-29(18-31)9-10-29/h5-8,15-17,23-24H,1-4,9-14H2,(H,34,36)/t23-,24-/m1/s1. The van der Waals surface area contributed by atoms with Gasteiger partial charge in [0.05, 0.1) is 29.3 Å². The highest BCUT2D eigenvalue weighted by molar-refractivity contribution is 7.91. The van der Waals surface area contributed by atoms with Crippen LogP contribution < -0.4 is 10.2 Å². The zero-order valence-electron chi connectivity index (χ0n) is 22.0. The van der Waals surface area contributed by atoms with Gasteiger partial charge in [0.1, 0.15) is 22.8 Å². The Morgan fingerprint density at radius 1 is 1.10 bits per heavy atom. The number of sulfone groups is 1. The minimum absolute atomic E-state index is 0.130. The number of pyridine rings is 1. The van der Waals surface area contributed by atoms with Gasteiger partial charge in [0, 0.05) is 42.4 Å². The summed E-state index contributed by atoms with van der Waals surface area (Å²) in [5, 5.41) is 12.5. The normalized spacial score (nSPS) is 23.2. The van der Waals surface area contributed by atoms with Gasteiger partial charge in [0.15, 0.2) is 9.84 Å². The average Bonchev–Trinajstić information content (AvgIpc) is 3.59. The fourth-order valence-electron chi connectivity index (χ4n) is 5.72. The van der Waals surface area contributed by atoms with Gasteiger partial charge in [-0.3, -0.25) is 9.78 Å². The van der Waals surface area contributed by atoms with Crippen LogP contribution >= 0.6 is 0 Å². The number of hydrogen-bond acceptors (Lipinski definition) is 8. The molecule has 3 aliphatic rings. The molecule has 2 saturated carbocycles. The number of carbonyl (C=O) groups is 1. The van der Waals surface area contributed by atoms with E-state index in [1.165, 1.54) is 12.3 Å². The van der Waals surface area contributed by atoms with Gasteiger partial charge in [-0.15, -0.1) is 0 Å². The van der Waals surface area contributed by atoms with E-state index in [9.17, 15) is 22.9 Å². The second-order valence-corrected chi connectivity index (χ2v) is 13.3. The van der Waals surface area contributed by atoms with Gasteiger partial charge in [-0.05, 0) is 43.9 Å². The summed E-state index contributed by atoms with van der Waals surface area (Å²) in [4.78, 5) is 24.2. The summed E-state index contributed by atoms with van der Waals surface area (Å²) < 4.78 is 44.0. The van der Waals surface area contributed by atoms with Gasteiger partial charge in [0.25, 0.3) is 0 Å². The molecule has 2 atom stereocenters. The van der Waals surface area contributed by atoms with E-state index in [1.54, 1.807) is 0 Å². The van der Waals surface area contributed by atoms with Crippen molar-refractivity contribution in [1.82, 2.24) is 15.3 Å². The van der Waals surface area contributed by atoms with Crippen LogP contribution in [0, 0.1) is 23.1 Å². The summed E-state index contributed by atoms with van der Waals surface area (Å²) in [6.07, 6.45) is 7.14. The highest BCUT2D eigenvalue weighted by atomic mass is 32.2. The van der Waals surface area contributed by atoms with E-state index in [2.05, 4.69) is 16.4 Å². The van der Waals surface area contributed by atoms with E-state index in [1.807, 2.05) is 29.2 Å². The number of halogens is 1. The summed E-state index contributed by atoms with van der Waals surface area (Å²) in [7, 11) is -2.99. The number of benzene rings is 1. The van der Waals surface area contributed by atoms with E-state index in [0.717, 1.165) is 36.7 Å². The molecule has 3 heterocycles. The Balaban J connectivity index is 1.35. The van der Waals surface area contributed by atoms with Gasteiger partial charge >= 0.3 is 0 Å². The molecule has 3 aromatic rings. The number of anilines is 1. The van der Waals surface area contributed by atoms with Crippen molar-refractivity contribution in [2.45, 2.75) is 50.0 Å². The van der Waals surface area contributed by atoms with Crippen LogP contribution in [-0.2, 0) is 14.6 Å². The Morgan fingerprint density at radius 2 is 1.82 bits per heavy atom. The number of amides is 1. The molecule has 11 heteroatoms. The quantitative estimate of drug-likeness (QED) is 0.472. The monoisotopic (exact) mass is 563 g/mol. The summed E-state index contributed by atoms with van der Waals surface area (Å²) in [5.41, 5.74) is 1.92. The summed E-state index contributed by atoms with van der Waals surface area (Å²) >= 11 is 0. The molecule has 1 saturated heterocycles. The Hall–Kier alpha value is -3.78. The van der Waals surface area contributed by atoms with Gasteiger partial charge in [0.2, 0.25) is 11.8 Å². The molecule has 40 heavy (non-hydrogen) atoms. The lowest BCUT2D eigenvalue weighted by Crippen LogP contribution is -2.42. The van der Waals surface area contributed by atoms with Crippen molar-refractivity contribution in [2.75, 3.05) is 29.5 Å². The first-order chi connectivity index (χ1) is 19.3. The zero-order chi connectivity index (χ0) is 27.9. The predicted octanol–water partition coefficient (Wildman–Crippen LogP) is 4.22. The topological polar surface area (TPSA) is 129 Å². The summed E-state index contributed by atoms with van der Waals surface area (Å²) in [5.74, 6) is -0.229.